The van der Waals surface area contributed by atoms with Gasteiger partial charge >= 0.3 is 0 Å². The maximum absolute atomic E-state index is 6.04. The molecule has 0 atom stereocenters. The van der Waals surface area contributed by atoms with Crippen LogP contribution in [0, 0.1) is 0 Å². The molecule has 2 aromatic rings. The van der Waals surface area contributed by atoms with E-state index in [1.807, 2.05) is 22.9 Å². The highest BCUT2D eigenvalue weighted by molar-refractivity contribution is 6.41. The normalized spacial score (nSPS) is 11.5. The second-order valence-corrected chi connectivity index (χ2v) is 4.23. The third-order valence-electron chi connectivity index (χ3n) is 2.13. The second-order valence-electron chi connectivity index (χ2n) is 3.46. The van der Waals surface area contributed by atoms with Crippen molar-refractivity contribution in [2.45, 2.75) is 19.9 Å². The molecule has 1 aromatic heterocycles. The summed E-state index contributed by atoms with van der Waals surface area (Å²) in [7, 11) is 0. The van der Waals surface area contributed by atoms with Gasteiger partial charge in [0, 0.05) is 6.04 Å². The molecule has 4 heteroatoms. The van der Waals surface area contributed by atoms with Crippen molar-refractivity contribution in [3.63, 3.8) is 0 Å². The summed E-state index contributed by atoms with van der Waals surface area (Å²) in [5.41, 5.74) is 0.984. The number of aromatic nitrogens is 2. The molecular weight excluding hydrogens is 219 g/mol. The van der Waals surface area contributed by atoms with Gasteiger partial charge in [-0.05, 0) is 26.0 Å². The van der Waals surface area contributed by atoms with Crippen LogP contribution < -0.4 is 0 Å². The summed E-state index contributed by atoms with van der Waals surface area (Å²) in [5, 5.41) is 6.21. The van der Waals surface area contributed by atoms with Crippen LogP contribution in [0.4, 0.5) is 0 Å². The van der Waals surface area contributed by atoms with Gasteiger partial charge in [-0.3, -0.25) is 4.68 Å². The standard InChI is InChI=1S/C10H10Cl2N2/c1-6(2)14-8-5-3-4-7(11)9(8)10(12)13-14/h3-6H,1-2H3. The minimum atomic E-state index is 0.281. The predicted octanol–water partition coefficient (Wildman–Crippen LogP) is 3.92. The number of fused-ring (bicyclic) bond motifs is 1. The maximum Gasteiger partial charge on any atom is 0.160 e. The van der Waals surface area contributed by atoms with Crippen molar-refractivity contribution in [1.82, 2.24) is 9.78 Å². The van der Waals surface area contributed by atoms with Crippen molar-refractivity contribution >= 4 is 34.1 Å². The van der Waals surface area contributed by atoms with E-state index in [-0.39, 0.29) is 6.04 Å². The van der Waals surface area contributed by atoms with Crippen LogP contribution in [0.3, 0.4) is 0 Å². The van der Waals surface area contributed by atoms with E-state index in [9.17, 15) is 0 Å². The quantitative estimate of drug-likeness (QED) is 0.724. The van der Waals surface area contributed by atoms with E-state index in [0.717, 1.165) is 10.9 Å². The lowest BCUT2D eigenvalue weighted by Crippen LogP contribution is -2.01. The molecule has 0 aliphatic heterocycles. The zero-order valence-electron chi connectivity index (χ0n) is 7.96. The molecule has 1 aromatic carbocycles. The highest BCUT2D eigenvalue weighted by atomic mass is 35.5. The van der Waals surface area contributed by atoms with Gasteiger partial charge in [0.05, 0.1) is 15.9 Å². The number of rotatable bonds is 1. The summed E-state index contributed by atoms with van der Waals surface area (Å²) in [6, 6.07) is 5.98. The SMILES string of the molecule is CC(C)n1nc(Cl)c2c(Cl)cccc21. The monoisotopic (exact) mass is 228 g/mol. The third-order valence-corrected chi connectivity index (χ3v) is 2.71. The molecule has 0 aliphatic carbocycles. The Morgan fingerprint density at radius 3 is 2.64 bits per heavy atom. The molecule has 2 rings (SSSR count). The Bertz CT molecular complexity index is 474. The van der Waals surface area contributed by atoms with E-state index in [1.165, 1.54) is 0 Å². The van der Waals surface area contributed by atoms with Gasteiger partial charge in [0.15, 0.2) is 5.15 Å². The summed E-state index contributed by atoms with van der Waals surface area (Å²) < 4.78 is 1.88. The fourth-order valence-electron chi connectivity index (χ4n) is 1.50. The van der Waals surface area contributed by atoms with E-state index in [1.54, 1.807) is 0 Å². The van der Waals surface area contributed by atoms with E-state index in [0.29, 0.717) is 10.2 Å². The van der Waals surface area contributed by atoms with Crippen LogP contribution in [0.1, 0.15) is 19.9 Å². The first kappa shape index (κ1) is 9.81. The molecule has 0 N–H and O–H groups in total. The average Bonchev–Trinajstić information content (AvgIpc) is 2.45. The zero-order valence-corrected chi connectivity index (χ0v) is 9.47. The van der Waals surface area contributed by atoms with Crippen LogP contribution in [-0.2, 0) is 0 Å². The molecule has 0 fully saturated rings. The molecule has 74 valence electrons. The minimum Gasteiger partial charge on any atom is -0.261 e. The highest BCUT2D eigenvalue weighted by Crippen LogP contribution is 2.31. The molecule has 2 nitrogen and oxygen atoms in total. The largest absolute Gasteiger partial charge is 0.261 e. The van der Waals surface area contributed by atoms with Gasteiger partial charge in [0.2, 0.25) is 0 Å². The topological polar surface area (TPSA) is 17.8 Å². The molecule has 0 radical (unpaired) electrons. The molecule has 0 amide bonds. The molecule has 0 aliphatic rings. The minimum absolute atomic E-state index is 0.281. The van der Waals surface area contributed by atoms with Crippen molar-refractivity contribution in [3.05, 3.63) is 28.4 Å². The maximum atomic E-state index is 6.04. The first-order valence-electron chi connectivity index (χ1n) is 4.43. The zero-order chi connectivity index (χ0) is 10.3. The van der Waals surface area contributed by atoms with Crippen LogP contribution >= 0.6 is 23.2 Å². The summed E-state index contributed by atoms with van der Waals surface area (Å²) in [6.45, 7) is 4.12. The van der Waals surface area contributed by atoms with Gasteiger partial charge in [-0.2, -0.15) is 5.10 Å². The van der Waals surface area contributed by atoms with Crippen LogP contribution in [-0.4, -0.2) is 9.78 Å². The van der Waals surface area contributed by atoms with Crippen LogP contribution in [0.2, 0.25) is 10.2 Å². The summed E-state index contributed by atoms with van der Waals surface area (Å²) in [4.78, 5) is 0. The average molecular weight is 229 g/mol. The number of halogens is 2. The Morgan fingerprint density at radius 1 is 1.29 bits per heavy atom. The Hall–Kier alpha value is -0.730. The van der Waals surface area contributed by atoms with Crippen LogP contribution in [0.25, 0.3) is 10.9 Å². The van der Waals surface area contributed by atoms with Crippen molar-refractivity contribution < 1.29 is 0 Å². The Balaban J connectivity index is 2.84. The smallest absolute Gasteiger partial charge is 0.160 e. The van der Waals surface area contributed by atoms with Crippen LogP contribution in [0.5, 0.6) is 0 Å². The molecular formula is C10H10Cl2N2. The number of hydrogen-bond acceptors (Lipinski definition) is 1. The molecule has 0 bridgehead atoms. The molecule has 14 heavy (non-hydrogen) atoms. The first-order valence-corrected chi connectivity index (χ1v) is 5.19. The summed E-state index contributed by atoms with van der Waals surface area (Å²) in [6.07, 6.45) is 0. The lowest BCUT2D eigenvalue weighted by atomic mass is 10.2. The van der Waals surface area contributed by atoms with Gasteiger partial charge in [-0.1, -0.05) is 29.3 Å². The fourth-order valence-corrected chi connectivity index (χ4v) is 2.09. The van der Waals surface area contributed by atoms with Crippen molar-refractivity contribution in [2.75, 3.05) is 0 Å². The van der Waals surface area contributed by atoms with E-state index >= 15 is 0 Å². The number of nitrogens with zero attached hydrogens (tertiary/aromatic N) is 2. The molecule has 0 saturated carbocycles. The van der Waals surface area contributed by atoms with Gasteiger partial charge in [-0.15, -0.1) is 0 Å². The van der Waals surface area contributed by atoms with E-state index in [2.05, 4.69) is 18.9 Å². The summed E-state index contributed by atoms with van der Waals surface area (Å²) in [5.74, 6) is 0. The lowest BCUT2D eigenvalue weighted by molar-refractivity contribution is 0.551. The molecule has 1 heterocycles. The van der Waals surface area contributed by atoms with Crippen molar-refractivity contribution in [1.29, 1.82) is 0 Å². The number of hydrogen-bond donors (Lipinski definition) is 0. The highest BCUT2D eigenvalue weighted by Gasteiger charge is 2.12. The fraction of sp³-hybridized carbons (Fsp3) is 0.300. The van der Waals surface area contributed by atoms with Gasteiger partial charge in [0.25, 0.3) is 0 Å². The first-order chi connectivity index (χ1) is 6.61. The van der Waals surface area contributed by atoms with Crippen LogP contribution in [0.15, 0.2) is 18.2 Å². The predicted molar refractivity (Wildman–Crippen MR) is 60.1 cm³/mol. The number of benzene rings is 1. The van der Waals surface area contributed by atoms with Gasteiger partial charge in [0.1, 0.15) is 0 Å². The Labute approximate surface area is 92.4 Å². The van der Waals surface area contributed by atoms with E-state index in [4.69, 9.17) is 23.2 Å². The van der Waals surface area contributed by atoms with Crippen molar-refractivity contribution in [2.24, 2.45) is 0 Å². The van der Waals surface area contributed by atoms with Crippen molar-refractivity contribution in [3.8, 4) is 0 Å². The van der Waals surface area contributed by atoms with Gasteiger partial charge in [-0.25, -0.2) is 0 Å². The van der Waals surface area contributed by atoms with E-state index < -0.39 is 0 Å². The Kier molecular flexibility index (Phi) is 2.41. The lowest BCUT2D eigenvalue weighted by Gasteiger charge is -2.06. The molecule has 0 spiro atoms. The Morgan fingerprint density at radius 2 is 2.00 bits per heavy atom. The second kappa shape index (κ2) is 3.44. The third kappa shape index (κ3) is 1.39. The summed E-state index contributed by atoms with van der Waals surface area (Å²) >= 11 is 12.1. The molecule has 0 saturated heterocycles. The molecule has 0 unspecified atom stereocenters. The van der Waals surface area contributed by atoms with Gasteiger partial charge < -0.3 is 0 Å².